The van der Waals surface area contributed by atoms with Gasteiger partial charge in [-0.1, -0.05) is 25.4 Å². The zero-order valence-electron chi connectivity index (χ0n) is 11.2. The lowest BCUT2D eigenvalue weighted by Crippen LogP contribution is -2.09. The van der Waals surface area contributed by atoms with Crippen LogP contribution in [0.4, 0.5) is 0 Å². The van der Waals surface area contributed by atoms with E-state index in [1.54, 1.807) is 20.3 Å². The Balaban J connectivity index is 3.39. The molecule has 0 aliphatic rings. The van der Waals surface area contributed by atoms with Crippen molar-refractivity contribution in [1.29, 1.82) is 0 Å². The molecule has 4 nitrogen and oxygen atoms in total. The lowest BCUT2D eigenvalue weighted by molar-refractivity contribution is 0.141. The molecule has 0 saturated carbocycles. The van der Waals surface area contributed by atoms with Gasteiger partial charge < -0.3 is 14.3 Å². The van der Waals surface area contributed by atoms with Crippen LogP contribution in [0.25, 0.3) is 0 Å². The van der Waals surface area contributed by atoms with Crippen molar-refractivity contribution in [3.05, 3.63) is 22.2 Å². The van der Waals surface area contributed by atoms with Crippen LogP contribution >= 0.6 is 11.6 Å². The average molecular weight is 274 g/mol. The van der Waals surface area contributed by atoms with Gasteiger partial charge in [0.15, 0.2) is 11.5 Å². The van der Waals surface area contributed by atoms with E-state index in [1.165, 1.54) is 0 Å². The molecule has 2 N–H and O–H groups in total. The normalized spacial score (nSPS) is 10.8. The van der Waals surface area contributed by atoms with E-state index in [0.717, 1.165) is 16.9 Å². The predicted molar refractivity (Wildman–Crippen MR) is 72.5 cm³/mol. The van der Waals surface area contributed by atoms with Crippen molar-refractivity contribution in [2.24, 2.45) is 5.90 Å². The lowest BCUT2D eigenvalue weighted by Gasteiger charge is -2.20. The molecule has 0 fully saturated rings. The van der Waals surface area contributed by atoms with Crippen molar-refractivity contribution >= 4 is 11.6 Å². The number of hydrogen-bond acceptors (Lipinski definition) is 4. The SMILES string of the molecule is COc1cc(Cl)c(CCON)c(C(C)C)c1OC. The Kier molecular flexibility index (Phi) is 5.72. The Morgan fingerprint density at radius 3 is 2.39 bits per heavy atom. The van der Waals surface area contributed by atoms with Gasteiger partial charge in [-0.25, -0.2) is 5.90 Å². The maximum absolute atomic E-state index is 6.29. The Morgan fingerprint density at radius 2 is 1.94 bits per heavy atom. The Hall–Kier alpha value is -0.970. The summed E-state index contributed by atoms with van der Waals surface area (Å²) in [5.74, 6) is 6.71. The number of methoxy groups -OCH3 is 2. The number of benzene rings is 1. The molecule has 0 radical (unpaired) electrons. The van der Waals surface area contributed by atoms with Gasteiger partial charge in [0.25, 0.3) is 0 Å². The summed E-state index contributed by atoms with van der Waals surface area (Å²) in [6, 6.07) is 1.76. The summed E-state index contributed by atoms with van der Waals surface area (Å²) in [6.45, 7) is 4.58. The highest BCUT2D eigenvalue weighted by molar-refractivity contribution is 6.31. The molecule has 0 aliphatic carbocycles. The first-order chi connectivity index (χ1) is 8.56. The van der Waals surface area contributed by atoms with Crippen LogP contribution in [-0.4, -0.2) is 20.8 Å². The summed E-state index contributed by atoms with van der Waals surface area (Å²) in [5, 5.41) is 0.647. The fourth-order valence-electron chi connectivity index (χ4n) is 2.05. The van der Waals surface area contributed by atoms with E-state index in [4.69, 9.17) is 27.0 Å². The van der Waals surface area contributed by atoms with Crippen molar-refractivity contribution in [2.45, 2.75) is 26.2 Å². The van der Waals surface area contributed by atoms with Crippen LogP contribution in [-0.2, 0) is 11.3 Å². The van der Waals surface area contributed by atoms with E-state index in [0.29, 0.717) is 23.8 Å². The van der Waals surface area contributed by atoms with E-state index >= 15 is 0 Å². The van der Waals surface area contributed by atoms with Gasteiger partial charge >= 0.3 is 0 Å². The van der Waals surface area contributed by atoms with E-state index in [-0.39, 0.29) is 5.92 Å². The van der Waals surface area contributed by atoms with Gasteiger partial charge in [0.2, 0.25) is 0 Å². The van der Waals surface area contributed by atoms with Crippen molar-refractivity contribution in [1.82, 2.24) is 0 Å². The van der Waals surface area contributed by atoms with Crippen molar-refractivity contribution < 1.29 is 14.3 Å². The first-order valence-corrected chi connectivity index (χ1v) is 6.19. The first kappa shape index (κ1) is 15.1. The Labute approximate surface area is 113 Å². The Morgan fingerprint density at radius 1 is 1.28 bits per heavy atom. The molecule has 0 unspecified atom stereocenters. The van der Waals surface area contributed by atoms with Crippen molar-refractivity contribution in [3.63, 3.8) is 0 Å². The van der Waals surface area contributed by atoms with Crippen LogP contribution in [0.2, 0.25) is 5.02 Å². The molecule has 1 aromatic rings. The highest BCUT2D eigenvalue weighted by atomic mass is 35.5. The zero-order chi connectivity index (χ0) is 13.7. The fraction of sp³-hybridized carbons (Fsp3) is 0.538. The van der Waals surface area contributed by atoms with Crippen LogP contribution in [0.5, 0.6) is 11.5 Å². The van der Waals surface area contributed by atoms with E-state index in [9.17, 15) is 0 Å². The van der Waals surface area contributed by atoms with Crippen LogP contribution in [0.15, 0.2) is 6.07 Å². The number of halogens is 1. The van der Waals surface area contributed by atoms with Crippen LogP contribution in [0, 0.1) is 0 Å². The van der Waals surface area contributed by atoms with Gasteiger partial charge in [0, 0.05) is 16.7 Å². The summed E-state index contributed by atoms with van der Waals surface area (Å²) >= 11 is 6.29. The Bertz CT molecular complexity index is 408. The molecule has 102 valence electrons. The predicted octanol–water partition coefficient (Wildman–Crippen LogP) is 2.91. The quantitative estimate of drug-likeness (QED) is 0.810. The molecule has 0 aliphatic heterocycles. The van der Waals surface area contributed by atoms with Gasteiger partial charge in [-0.15, -0.1) is 0 Å². The third-order valence-electron chi connectivity index (χ3n) is 2.81. The van der Waals surface area contributed by atoms with Gasteiger partial charge in [-0.2, -0.15) is 0 Å². The number of ether oxygens (including phenoxy) is 2. The standard InChI is InChI=1S/C13H20ClNO3/c1-8(2)12-9(5-6-18-15)10(14)7-11(16-3)13(12)17-4/h7-8H,5-6,15H2,1-4H3. The summed E-state index contributed by atoms with van der Waals surface area (Å²) < 4.78 is 10.8. The smallest absolute Gasteiger partial charge is 0.164 e. The van der Waals surface area contributed by atoms with Gasteiger partial charge in [0.05, 0.1) is 20.8 Å². The number of nitrogens with two attached hydrogens (primary N) is 1. The minimum Gasteiger partial charge on any atom is -0.493 e. The minimum atomic E-state index is 0.264. The van der Waals surface area contributed by atoms with Gasteiger partial charge in [0.1, 0.15) is 0 Å². The van der Waals surface area contributed by atoms with E-state index < -0.39 is 0 Å². The summed E-state index contributed by atoms with van der Waals surface area (Å²) in [4.78, 5) is 4.63. The lowest BCUT2D eigenvalue weighted by atomic mass is 9.93. The van der Waals surface area contributed by atoms with Crippen molar-refractivity contribution in [2.75, 3.05) is 20.8 Å². The largest absolute Gasteiger partial charge is 0.493 e. The molecule has 0 aromatic heterocycles. The van der Waals surface area contributed by atoms with Gasteiger partial charge in [-0.3, -0.25) is 0 Å². The van der Waals surface area contributed by atoms with Crippen LogP contribution in [0.3, 0.4) is 0 Å². The molecule has 0 bridgehead atoms. The fourth-order valence-corrected chi connectivity index (χ4v) is 2.35. The summed E-state index contributed by atoms with van der Waals surface area (Å²) in [5.41, 5.74) is 2.04. The molecule has 18 heavy (non-hydrogen) atoms. The topological polar surface area (TPSA) is 53.7 Å². The molecule has 0 saturated heterocycles. The molecule has 0 atom stereocenters. The monoisotopic (exact) mass is 273 g/mol. The van der Waals surface area contributed by atoms with E-state index in [1.807, 2.05) is 0 Å². The molecule has 0 amide bonds. The minimum absolute atomic E-state index is 0.264. The molecule has 1 aromatic carbocycles. The maximum atomic E-state index is 6.29. The molecule has 1 rings (SSSR count). The second-order valence-electron chi connectivity index (χ2n) is 4.26. The van der Waals surface area contributed by atoms with Crippen LogP contribution in [0.1, 0.15) is 30.9 Å². The molecule has 0 heterocycles. The second-order valence-corrected chi connectivity index (χ2v) is 4.67. The van der Waals surface area contributed by atoms with Crippen LogP contribution < -0.4 is 15.4 Å². The first-order valence-electron chi connectivity index (χ1n) is 5.81. The maximum Gasteiger partial charge on any atom is 0.164 e. The summed E-state index contributed by atoms with van der Waals surface area (Å²) in [6.07, 6.45) is 0.642. The average Bonchev–Trinajstić information content (AvgIpc) is 2.35. The van der Waals surface area contributed by atoms with Gasteiger partial charge in [-0.05, 0) is 17.9 Å². The van der Waals surface area contributed by atoms with E-state index in [2.05, 4.69) is 18.7 Å². The molecule has 0 spiro atoms. The zero-order valence-corrected chi connectivity index (χ0v) is 12.0. The highest BCUT2D eigenvalue weighted by Crippen LogP contribution is 2.42. The number of hydrogen-bond donors (Lipinski definition) is 1. The third-order valence-corrected chi connectivity index (χ3v) is 3.15. The molecular formula is C13H20ClNO3. The van der Waals surface area contributed by atoms with Crippen molar-refractivity contribution in [3.8, 4) is 11.5 Å². The third kappa shape index (κ3) is 3.07. The molecule has 5 heteroatoms. The molecular weight excluding hydrogens is 254 g/mol. The highest BCUT2D eigenvalue weighted by Gasteiger charge is 2.20. The summed E-state index contributed by atoms with van der Waals surface area (Å²) in [7, 11) is 3.22. The number of rotatable bonds is 6. The second kappa shape index (κ2) is 6.83.